The van der Waals surface area contributed by atoms with Crippen LogP contribution in [0.2, 0.25) is 0 Å². The molecule has 1 heterocycles. The molecule has 0 radical (unpaired) electrons. The summed E-state index contributed by atoms with van der Waals surface area (Å²) in [7, 11) is 0. The minimum Gasteiger partial charge on any atom is -0.355 e. The van der Waals surface area contributed by atoms with E-state index < -0.39 is 0 Å². The summed E-state index contributed by atoms with van der Waals surface area (Å²) in [6, 6.07) is 0.716. The molecule has 1 saturated carbocycles. The molecule has 1 aliphatic rings. The fourth-order valence-corrected chi connectivity index (χ4v) is 2.06. The van der Waals surface area contributed by atoms with E-state index in [0.29, 0.717) is 12.0 Å². The summed E-state index contributed by atoms with van der Waals surface area (Å²) in [6.07, 6.45) is 7.57. The van der Waals surface area contributed by atoms with E-state index in [1.807, 2.05) is 12.4 Å². The van der Waals surface area contributed by atoms with Gasteiger partial charge in [0, 0.05) is 31.9 Å². The Morgan fingerprint density at radius 1 is 1.37 bits per heavy atom. The lowest BCUT2D eigenvalue weighted by atomic mass is 10.1. The molecule has 4 nitrogen and oxygen atoms in total. The maximum atomic E-state index is 4.73. The topological polar surface area (TPSA) is 41.1 Å². The third-order valence-electron chi connectivity index (χ3n) is 3.76. The van der Waals surface area contributed by atoms with Crippen LogP contribution in [-0.2, 0) is 6.54 Å². The van der Waals surface area contributed by atoms with Crippen LogP contribution in [0.4, 0.5) is 5.82 Å². The SMILES string of the molecule is CCC(C)CN(CC)c1cncc(CNC2CC2)n1. The molecule has 0 saturated heterocycles. The lowest BCUT2D eigenvalue weighted by molar-refractivity contribution is 0.544. The van der Waals surface area contributed by atoms with E-state index >= 15 is 0 Å². The lowest BCUT2D eigenvalue weighted by Gasteiger charge is -2.25. The van der Waals surface area contributed by atoms with Gasteiger partial charge < -0.3 is 10.2 Å². The first-order valence-corrected chi connectivity index (χ1v) is 7.52. The van der Waals surface area contributed by atoms with Crippen LogP contribution in [0.25, 0.3) is 0 Å². The van der Waals surface area contributed by atoms with Gasteiger partial charge in [-0.15, -0.1) is 0 Å². The number of anilines is 1. The Balaban J connectivity index is 1.97. The normalized spacial score (nSPS) is 16.4. The molecule has 106 valence electrons. The number of rotatable bonds is 8. The molecule has 1 atom stereocenters. The highest BCUT2D eigenvalue weighted by atomic mass is 15.2. The Kier molecular flexibility index (Phi) is 5.14. The summed E-state index contributed by atoms with van der Waals surface area (Å²) in [5.41, 5.74) is 1.05. The van der Waals surface area contributed by atoms with Gasteiger partial charge in [0.15, 0.2) is 0 Å². The van der Waals surface area contributed by atoms with Crippen LogP contribution in [0.1, 0.15) is 45.7 Å². The molecule has 1 aromatic rings. The first kappa shape index (κ1) is 14.3. The number of aromatic nitrogens is 2. The lowest BCUT2D eigenvalue weighted by Crippen LogP contribution is -2.29. The summed E-state index contributed by atoms with van der Waals surface area (Å²) in [5, 5.41) is 3.49. The second-order valence-electron chi connectivity index (χ2n) is 5.58. The van der Waals surface area contributed by atoms with Gasteiger partial charge in [-0.1, -0.05) is 20.3 Å². The molecule has 2 rings (SSSR count). The van der Waals surface area contributed by atoms with Gasteiger partial charge in [-0.2, -0.15) is 0 Å². The van der Waals surface area contributed by atoms with E-state index in [0.717, 1.165) is 31.1 Å². The van der Waals surface area contributed by atoms with Crippen LogP contribution in [0.3, 0.4) is 0 Å². The highest BCUT2D eigenvalue weighted by Crippen LogP contribution is 2.19. The average molecular weight is 262 g/mol. The van der Waals surface area contributed by atoms with Crippen molar-refractivity contribution < 1.29 is 0 Å². The number of hydrogen-bond donors (Lipinski definition) is 1. The van der Waals surface area contributed by atoms with Crippen molar-refractivity contribution in [1.29, 1.82) is 0 Å². The third kappa shape index (κ3) is 4.46. The number of hydrogen-bond acceptors (Lipinski definition) is 4. The Hall–Kier alpha value is -1.16. The van der Waals surface area contributed by atoms with Gasteiger partial charge in [-0.25, -0.2) is 4.98 Å². The minimum absolute atomic E-state index is 0.690. The van der Waals surface area contributed by atoms with Crippen molar-refractivity contribution >= 4 is 5.82 Å². The zero-order valence-electron chi connectivity index (χ0n) is 12.4. The Bertz CT molecular complexity index is 389. The molecular weight excluding hydrogens is 236 g/mol. The molecule has 19 heavy (non-hydrogen) atoms. The van der Waals surface area contributed by atoms with Gasteiger partial charge in [-0.3, -0.25) is 4.98 Å². The van der Waals surface area contributed by atoms with Crippen molar-refractivity contribution in [1.82, 2.24) is 15.3 Å². The molecule has 1 fully saturated rings. The molecule has 4 heteroatoms. The van der Waals surface area contributed by atoms with Crippen LogP contribution in [-0.4, -0.2) is 29.1 Å². The van der Waals surface area contributed by atoms with Crippen molar-refractivity contribution in [2.45, 2.75) is 52.6 Å². The van der Waals surface area contributed by atoms with Crippen molar-refractivity contribution in [3.63, 3.8) is 0 Å². The quantitative estimate of drug-likeness (QED) is 0.782. The summed E-state index contributed by atoms with van der Waals surface area (Å²) in [4.78, 5) is 11.4. The maximum Gasteiger partial charge on any atom is 0.147 e. The molecule has 1 aromatic heterocycles. The highest BCUT2D eigenvalue weighted by Gasteiger charge is 2.20. The van der Waals surface area contributed by atoms with Gasteiger partial charge in [0.05, 0.1) is 11.9 Å². The second kappa shape index (κ2) is 6.85. The molecule has 0 bridgehead atoms. The molecule has 1 aliphatic carbocycles. The Morgan fingerprint density at radius 2 is 2.16 bits per heavy atom. The standard InChI is InChI=1S/C15H26N4/c1-4-12(3)11-19(5-2)15-10-16-8-14(18-15)9-17-13-6-7-13/h8,10,12-13,17H,4-7,9,11H2,1-3H3. The van der Waals surface area contributed by atoms with Crippen molar-refractivity contribution in [2.24, 2.45) is 5.92 Å². The molecule has 0 spiro atoms. The van der Waals surface area contributed by atoms with Crippen LogP contribution < -0.4 is 10.2 Å². The maximum absolute atomic E-state index is 4.73. The molecule has 0 aliphatic heterocycles. The number of nitrogens with one attached hydrogen (secondary N) is 1. The summed E-state index contributed by atoms with van der Waals surface area (Å²) < 4.78 is 0. The first-order valence-electron chi connectivity index (χ1n) is 7.52. The summed E-state index contributed by atoms with van der Waals surface area (Å²) in [6.45, 7) is 9.58. The molecular formula is C15H26N4. The third-order valence-corrected chi connectivity index (χ3v) is 3.76. The second-order valence-corrected chi connectivity index (χ2v) is 5.58. The largest absolute Gasteiger partial charge is 0.355 e. The molecule has 0 amide bonds. The van der Waals surface area contributed by atoms with E-state index in [1.54, 1.807) is 0 Å². The van der Waals surface area contributed by atoms with E-state index in [2.05, 4.69) is 36.0 Å². The Labute approximate surface area is 116 Å². The van der Waals surface area contributed by atoms with Crippen LogP contribution in [0.5, 0.6) is 0 Å². The zero-order chi connectivity index (χ0) is 13.7. The van der Waals surface area contributed by atoms with E-state index in [-0.39, 0.29) is 0 Å². The summed E-state index contributed by atoms with van der Waals surface area (Å²) >= 11 is 0. The fraction of sp³-hybridized carbons (Fsp3) is 0.733. The smallest absolute Gasteiger partial charge is 0.147 e. The molecule has 1 N–H and O–H groups in total. The van der Waals surface area contributed by atoms with Crippen LogP contribution in [0, 0.1) is 5.92 Å². The van der Waals surface area contributed by atoms with Gasteiger partial charge in [0.25, 0.3) is 0 Å². The molecule has 0 aromatic carbocycles. The van der Waals surface area contributed by atoms with E-state index in [9.17, 15) is 0 Å². The predicted molar refractivity (Wildman–Crippen MR) is 79.2 cm³/mol. The zero-order valence-corrected chi connectivity index (χ0v) is 12.4. The fourth-order valence-electron chi connectivity index (χ4n) is 2.06. The van der Waals surface area contributed by atoms with Crippen molar-refractivity contribution in [3.05, 3.63) is 18.1 Å². The highest BCUT2D eigenvalue weighted by molar-refractivity contribution is 5.36. The van der Waals surface area contributed by atoms with Crippen molar-refractivity contribution in [2.75, 3.05) is 18.0 Å². The number of nitrogens with zero attached hydrogens (tertiary/aromatic N) is 3. The molecule has 1 unspecified atom stereocenters. The van der Waals surface area contributed by atoms with Crippen LogP contribution >= 0.6 is 0 Å². The monoisotopic (exact) mass is 262 g/mol. The van der Waals surface area contributed by atoms with Crippen LogP contribution in [0.15, 0.2) is 12.4 Å². The van der Waals surface area contributed by atoms with E-state index in [4.69, 9.17) is 4.98 Å². The van der Waals surface area contributed by atoms with Gasteiger partial charge >= 0.3 is 0 Å². The van der Waals surface area contributed by atoms with Crippen molar-refractivity contribution in [3.8, 4) is 0 Å². The van der Waals surface area contributed by atoms with Gasteiger partial charge in [0.1, 0.15) is 5.82 Å². The summed E-state index contributed by atoms with van der Waals surface area (Å²) in [5.74, 6) is 1.70. The van der Waals surface area contributed by atoms with Gasteiger partial charge in [-0.05, 0) is 25.7 Å². The average Bonchev–Trinajstić information content (AvgIpc) is 3.26. The van der Waals surface area contributed by atoms with E-state index in [1.165, 1.54) is 19.3 Å². The Morgan fingerprint density at radius 3 is 2.79 bits per heavy atom. The van der Waals surface area contributed by atoms with Gasteiger partial charge in [0.2, 0.25) is 0 Å². The predicted octanol–water partition coefficient (Wildman–Crippen LogP) is 2.60. The minimum atomic E-state index is 0.690. The first-order chi connectivity index (χ1) is 9.22.